The average molecular weight is 656 g/mol. The molecule has 1 aliphatic heterocycles. The van der Waals surface area contributed by atoms with E-state index in [1.165, 1.54) is 19.2 Å². The van der Waals surface area contributed by atoms with Gasteiger partial charge >= 0.3 is 0 Å². The summed E-state index contributed by atoms with van der Waals surface area (Å²) in [6, 6.07) is 2.51. The van der Waals surface area contributed by atoms with Crippen molar-refractivity contribution in [2.24, 2.45) is 17.8 Å². The molecule has 1 aromatic heterocycles. The van der Waals surface area contributed by atoms with Crippen LogP contribution in [0.15, 0.2) is 22.8 Å². The van der Waals surface area contributed by atoms with Gasteiger partial charge in [0.05, 0.1) is 5.69 Å². The molecule has 2 aliphatic carbocycles. The van der Waals surface area contributed by atoms with Crippen LogP contribution in [0.1, 0.15) is 74.1 Å². The molecule has 2 heterocycles. The SMILES string of the molecule is CCc1nonc1C(=O)N[C@H](C(=O)Nc1ccc([C@H](C)[C@@H](NC(=O)[C@H](C)OC)C(=O)N2CCN(C)CC2)cc1F)C(C1CC1)C1CC1. The lowest BCUT2D eigenvalue weighted by molar-refractivity contribution is -0.140. The van der Waals surface area contributed by atoms with Crippen molar-refractivity contribution in [1.29, 1.82) is 0 Å². The van der Waals surface area contributed by atoms with E-state index < -0.39 is 47.6 Å². The molecule has 4 amide bonds. The molecule has 3 N–H and O–H groups in total. The third-order valence-corrected chi connectivity index (χ3v) is 9.77. The van der Waals surface area contributed by atoms with Gasteiger partial charge in [-0.05, 0) is 86.7 Å². The van der Waals surface area contributed by atoms with E-state index in [9.17, 15) is 19.2 Å². The molecule has 13 nitrogen and oxygen atoms in total. The average Bonchev–Trinajstić information content (AvgIpc) is 4.02. The molecule has 2 saturated carbocycles. The van der Waals surface area contributed by atoms with Gasteiger partial charge in [-0.15, -0.1) is 0 Å². The molecule has 0 unspecified atom stereocenters. The van der Waals surface area contributed by atoms with Gasteiger partial charge in [0.15, 0.2) is 5.69 Å². The fourth-order valence-corrected chi connectivity index (χ4v) is 6.37. The van der Waals surface area contributed by atoms with Crippen LogP contribution < -0.4 is 16.0 Å². The predicted molar refractivity (Wildman–Crippen MR) is 170 cm³/mol. The molecular weight excluding hydrogens is 609 g/mol. The number of benzene rings is 1. The molecule has 5 rings (SSSR count). The highest BCUT2D eigenvalue weighted by molar-refractivity contribution is 6.01. The molecule has 1 aromatic carbocycles. The lowest BCUT2D eigenvalue weighted by atomic mass is 9.88. The molecule has 0 radical (unpaired) electrons. The van der Waals surface area contributed by atoms with Gasteiger partial charge < -0.3 is 30.5 Å². The van der Waals surface area contributed by atoms with Crippen LogP contribution in [0.2, 0.25) is 0 Å². The van der Waals surface area contributed by atoms with Gasteiger partial charge in [0.1, 0.15) is 29.7 Å². The topological polar surface area (TPSA) is 159 Å². The van der Waals surface area contributed by atoms with Crippen molar-refractivity contribution in [1.82, 2.24) is 30.7 Å². The van der Waals surface area contributed by atoms with Crippen molar-refractivity contribution in [2.75, 3.05) is 45.7 Å². The van der Waals surface area contributed by atoms with Crippen LogP contribution in [0.5, 0.6) is 0 Å². The Balaban J connectivity index is 1.34. The van der Waals surface area contributed by atoms with Gasteiger partial charge in [-0.1, -0.05) is 25.1 Å². The number of likely N-dealkylation sites (N-methyl/N-ethyl adjacent to an activating group) is 1. The number of hydrogen-bond donors (Lipinski definition) is 3. The zero-order valence-electron chi connectivity index (χ0n) is 27.8. The van der Waals surface area contributed by atoms with E-state index in [0.717, 1.165) is 25.7 Å². The van der Waals surface area contributed by atoms with E-state index in [-0.39, 0.29) is 23.2 Å². The number of amides is 4. The minimum atomic E-state index is -0.959. The molecule has 1 saturated heterocycles. The summed E-state index contributed by atoms with van der Waals surface area (Å²) in [5.74, 6) is -2.53. The Morgan fingerprint density at radius 1 is 0.979 bits per heavy atom. The normalized spacial score (nSPS) is 19.5. The second-order valence-corrected chi connectivity index (χ2v) is 13.1. The Morgan fingerprint density at radius 2 is 1.64 bits per heavy atom. The van der Waals surface area contributed by atoms with Gasteiger partial charge in [-0.3, -0.25) is 19.2 Å². The zero-order chi connectivity index (χ0) is 33.8. The maximum absolute atomic E-state index is 15.7. The zero-order valence-corrected chi connectivity index (χ0v) is 27.8. The molecule has 4 atom stereocenters. The van der Waals surface area contributed by atoms with Crippen LogP contribution in [-0.4, -0.2) is 102 Å². The second-order valence-electron chi connectivity index (χ2n) is 13.1. The molecule has 3 fully saturated rings. The molecule has 256 valence electrons. The lowest BCUT2D eigenvalue weighted by Crippen LogP contribution is -2.56. The van der Waals surface area contributed by atoms with Gasteiger partial charge in [-0.2, -0.15) is 0 Å². The van der Waals surface area contributed by atoms with E-state index in [2.05, 4.69) is 31.2 Å². The molecular formula is C33H46FN7O6. The maximum atomic E-state index is 15.7. The van der Waals surface area contributed by atoms with E-state index in [1.807, 2.05) is 14.0 Å². The Labute approximate surface area is 274 Å². The highest BCUT2D eigenvalue weighted by Gasteiger charge is 2.48. The van der Waals surface area contributed by atoms with E-state index in [4.69, 9.17) is 9.37 Å². The van der Waals surface area contributed by atoms with Gasteiger partial charge in [-0.25, -0.2) is 9.02 Å². The van der Waals surface area contributed by atoms with Gasteiger partial charge in [0.2, 0.25) is 17.7 Å². The first-order valence-electron chi connectivity index (χ1n) is 16.5. The number of anilines is 1. The summed E-state index contributed by atoms with van der Waals surface area (Å²) < 4.78 is 25.7. The fourth-order valence-electron chi connectivity index (χ4n) is 6.37. The summed E-state index contributed by atoms with van der Waals surface area (Å²) in [7, 11) is 3.40. The number of rotatable bonds is 14. The number of aryl methyl sites for hydroxylation is 1. The monoisotopic (exact) mass is 655 g/mol. The highest BCUT2D eigenvalue weighted by Crippen LogP contribution is 2.51. The van der Waals surface area contributed by atoms with E-state index >= 15 is 4.39 Å². The number of hydrogen-bond acceptors (Lipinski definition) is 9. The number of halogens is 1. The summed E-state index contributed by atoms with van der Waals surface area (Å²) in [4.78, 5) is 57.4. The van der Waals surface area contributed by atoms with Crippen molar-refractivity contribution >= 4 is 29.3 Å². The van der Waals surface area contributed by atoms with Crippen LogP contribution in [-0.2, 0) is 25.5 Å². The highest BCUT2D eigenvalue weighted by atomic mass is 19.1. The Morgan fingerprint density at radius 3 is 2.21 bits per heavy atom. The number of nitrogens with one attached hydrogen (secondary N) is 3. The quantitative estimate of drug-likeness (QED) is 0.278. The predicted octanol–water partition coefficient (Wildman–Crippen LogP) is 2.34. The minimum absolute atomic E-state index is 0.0350. The Hall–Kier alpha value is -3.91. The molecule has 14 heteroatoms. The van der Waals surface area contributed by atoms with Crippen LogP contribution >= 0.6 is 0 Å². The summed E-state index contributed by atoms with van der Waals surface area (Å²) in [6.45, 7) is 7.61. The number of nitrogens with zero attached hydrogens (tertiary/aromatic N) is 4. The second kappa shape index (κ2) is 14.9. The summed E-state index contributed by atoms with van der Waals surface area (Å²) >= 11 is 0. The number of carbonyl (C=O) groups is 4. The first-order chi connectivity index (χ1) is 22.5. The Bertz CT molecular complexity index is 1440. The number of methoxy groups -OCH3 is 1. The third-order valence-electron chi connectivity index (χ3n) is 9.77. The van der Waals surface area contributed by atoms with E-state index in [0.29, 0.717) is 55.7 Å². The van der Waals surface area contributed by atoms with Crippen LogP contribution in [0.25, 0.3) is 0 Å². The van der Waals surface area contributed by atoms with E-state index in [1.54, 1.807) is 24.8 Å². The first-order valence-corrected chi connectivity index (χ1v) is 16.5. The van der Waals surface area contributed by atoms with Crippen molar-refractivity contribution in [2.45, 2.75) is 77.0 Å². The smallest absolute Gasteiger partial charge is 0.276 e. The van der Waals surface area contributed by atoms with Crippen molar-refractivity contribution in [3.05, 3.63) is 41.0 Å². The molecule has 2 aromatic rings. The van der Waals surface area contributed by atoms with Crippen LogP contribution in [0.4, 0.5) is 10.1 Å². The summed E-state index contributed by atoms with van der Waals surface area (Å²) in [5.41, 5.74) is 0.853. The first kappa shape index (κ1) is 34.4. The number of piperazine rings is 1. The van der Waals surface area contributed by atoms with Crippen LogP contribution in [0.3, 0.4) is 0 Å². The van der Waals surface area contributed by atoms with Crippen LogP contribution in [0, 0.1) is 23.6 Å². The third kappa shape index (κ3) is 8.15. The number of ether oxygens (including phenoxy) is 1. The van der Waals surface area contributed by atoms with Crippen molar-refractivity contribution in [3.63, 3.8) is 0 Å². The molecule has 3 aliphatic rings. The molecule has 0 spiro atoms. The maximum Gasteiger partial charge on any atom is 0.276 e. The lowest BCUT2D eigenvalue weighted by Gasteiger charge is -2.36. The van der Waals surface area contributed by atoms with Gasteiger partial charge in [0, 0.05) is 39.2 Å². The summed E-state index contributed by atoms with van der Waals surface area (Å²) in [5, 5.41) is 15.9. The molecule has 47 heavy (non-hydrogen) atoms. The molecule has 0 bridgehead atoms. The number of carbonyl (C=O) groups excluding carboxylic acids is 4. The minimum Gasteiger partial charge on any atom is -0.372 e. The van der Waals surface area contributed by atoms with Gasteiger partial charge in [0.25, 0.3) is 5.91 Å². The fraction of sp³-hybridized carbons (Fsp3) is 0.636. The van der Waals surface area contributed by atoms with Crippen molar-refractivity contribution in [3.8, 4) is 0 Å². The van der Waals surface area contributed by atoms with Crippen molar-refractivity contribution < 1.29 is 32.9 Å². The largest absolute Gasteiger partial charge is 0.372 e. The standard InChI is InChI=1S/C33H46FN7O6/c1-6-24-28(39-47-38-24)31(43)37-29(26(20-7-8-20)21-9-10-21)32(44)35-25-12-11-22(17-23(25)34)18(2)27(36-30(42)19(3)46-5)33(45)41-15-13-40(4)14-16-41/h11-12,17-21,26-27,29H,6-10,13-16H2,1-5H3,(H,35,44)(H,36,42)(H,37,43)/t18-,19-,27+,29-/m0/s1. The summed E-state index contributed by atoms with van der Waals surface area (Å²) in [6.07, 6.45) is 3.55. The Kier molecular flexibility index (Phi) is 10.9. The number of aromatic nitrogens is 2.